The molecule has 0 saturated heterocycles. The Bertz CT molecular complexity index is 465. The molecule has 7 heteroatoms. The molecule has 0 radical (unpaired) electrons. The number of hydrogen-bond donors (Lipinski definition) is 0. The average molecular weight is 255 g/mol. The fourth-order valence-corrected chi connectivity index (χ4v) is 2.01. The van der Waals surface area contributed by atoms with Crippen LogP contribution < -0.4 is 0 Å². The molecule has 0 fully saturated rings. The summed E-state index contributed by atoms with van der Waals surface area (Å²) in [7, 11) is 0. The number of carbonyl (C=O) groups is 2. The van der Waals surface area contributed by atoms with Gasteiger partial charge in [-0.15, -0.1) is 0 Å². The van der Waals surface area contributed by atoms with Gasteiger partial charge in [-0.05, 0) is 0 Å². The monoisotopic (exact) mass is 255 g/mol. The van der Waals surface area contributed by atoms with E-state index in [1.165, 1.54) is 31.9 Å². The van der Waals surface area contributed by atoms with Gasteiger partial charge in [0, 0.05) is 13.8 Å². The number of aliphatic imine (C=N–C) groups is 1. The van der Waals surface area contributed by atoms with E-state index in [0.717, 1.165) is 0 Å². The summed E-state index contributed by atoms with van der Waals surface area (Å²) in [5.41, 5.74) is 1.65. The maximum absolute atomic E-state index is 11.0. The maximum Gasteiger partial charge on any atom is 0.308 e. The second-order valence-electron chi connectivity index (χ2n) is 3.22. The lowest BCUT2D eigenvalue weighted by atomic mass is 10.3. The van der Waals surface area contributed by atoms with Gasteiger partial charge in [0.05, 0.1) is 5.55 Å². The van der Waals surface area contributed by atoms with E-state index in [1.807, 2.05) is 0 Å². The molecule has 0 aromatic rings. The van der Waals surface area contributed by atoms with Crippen molar-refractivity contribution in [1.82, 2.24) is 0 Å². The lowest BCUT2D eigenvalue weighted by Gasteiger charge is -2.20. The fraction of sp³-hybridized carbons (Fsp3) is 0.300. The topological polar surface area (TPSA) is 74.2 Å². The van der Waals surface area contributed by atoms with Crippen LogP contribution >= 0.6 is 11.8 Å². The van der Waals surface area contributed by atoms with Crippen LogP contribution in [0.3, 0.4) is 0 Å². The zero-order valence-corrected chi connectivity index (χ0v) is 9.95. The lowest BCUT2D eigenvalue weighted by Crippen LogP contribution is -2.18. The molecule has 0 saturated carbocycles. The zero-order chi connectivity index (χ0) is 12.4. The summed E-state index contributed by atoms with van der Waals surface area (Å²) in [6.45, 7) is 2.50. The number of esters is 2. The van der Waals surface area contributed by atoms with Gasteiger partial charge in [0.1, 0.15) is 12.0 Å². The van der Waals surface area contributed by atoms with E-state index in [1.54, 1.807) is 5.55 Å². The molecule has 0 aromatic heterocycles. The van der Waals surface area contributed by atoms with Crippen LogP contribution in [0.5, 0.6) is 0 Å². The molecular weight excluding hydrogens is 246 g/mol. The molecule has 0 aliphatic carbocycles. The van der Waals surface area contributed by atoms with E-state index in [2.05, 4.69) is 4.99 Å². The Morgan fingerprint density at radius 2 is 2.06 bits per heavy atom. The summed E-state index contributed by atoms with van der Waals surface area (Å²) in [6.07, 6.45) is 1.25. The van der Waals surface area contributed by atoms with E-state index in [-0.39, 0.29) is 17.0 Å². The van der Waals surface area contributed by atoms with Crippen LogP contribution in [-0.4, -0.2) is 22.9 Å². The first-order valence-corrected chi connectivity index (χ1v) is 5.67. The molecule has 0 spiro atoms. The van der Waals surface area contributed by atoms with Gasteiger partial charge in [-0.3, -0.25) is 9.59 Å². The molecule has 2 aliphatic heterocycles. The average Bonchev–Trinajstić information content (AvgIpc) is 2.68. The van der Waals surface area contributed by atoms with Crippen molar-refractivity contribution in [2.45, 2.75) is 19.3 Å². The first kappa shape index (κ1) is 11.7. The predicted molar refractivity (Wildman–Crippen MR) is 59.6 cm³/mol. The highest BCUT2D eigenvalue weighted by molar-refractivity contribution is 8.13. The summed E-state index contributed by atoms with van der Waals surface area (Å²) in [5.74, 6) is -0.861. The molecule has 0 amide bonds. The number of fused-ring (bicyclic) bond motifs is 1. The minimum atomic E-state index is -0.529. The Labute approximate surface area is 101 Å². The van der Waals surface area contributed by atoms with E-state index in [4.69, 9.17) is 14.2 Å². The Kier molecular flexibility index (Phi) is 3.19. The summed E-state index contributed by atoms with van der Waals surface area (Å²) >= 11 is 1.33. The molecule has 90 valence electrons. The summed E-state index contributed by atoms with van der Waals surface area (Å²) < 4.78 is 15.2. The highest BCUT2D eigenvalue weighted by atomic mass is 32.2. The number of thioether (sulfide) groups is 1. The van der Waals surface area contributed by atoms with Crippen LogP contribution in [-0.2, 0) is 23.8 Å². The molecule has 0 aromatic carbocycles. The Balaban J connectivity index is 2.32. The van der Waals surface area contributed by atoms with Crippen molar-refractivity contribution in [3.63, 3.8) is 0 Å². The number of carbonyl (C=O) groups excluding carboxylic acids is 2. The minimum Gasteiger partial charge on any atom is -0.476 e. The number of ether oxygens (including phenoxy) is 3. The maximum atomic E-state index is 11.0. The molecule has 1 unspecified atom stereocenters. The second-order valence-corrected chi connectivity index (χ2v) is 4.13. The van der Waals surface area contributed by atoms with Crippen LogP contribution in [0.15, 0.2) is 28.5 Å². The molecule has 6 nitrogen and oxygen atoms in total. The van der Waals surface area contributed by atoms with Gasteiger partial charge < -0.3 is 14.2 Å². The summed E-state index contributed by atoms with van der Waals surface area (Å²) in [4.78, 5) is 26.0. The van der Waals surface area contributed by atoms with Gasteiger partial charge in [0.2, 0.25) is 11.5 Å². The number of rotatable bonds is 2. The van der Waals surface area contributed by atoms with Crippen molar-refractivity contribution in [1.29, 1.82) is 0 Å². The van der Waals surface area contributed by atoms with Crippen molar-refractivity contribution in [2.75, 3.05) is 0 Å². The van der Waals surface area contributed by atoms with Crippen LogP contribution in [0.4, 0.5) is 0 Å². The van der Waals surface area contributed by atoms with Gasteiger partial charge >= 0.3 is 11.9 Å². The normalized spacial score (nSPS) is 21.5. The smallest absolute Gasteiger partial charge is 0.308 e. The third-order valence-corrected chi connectivity index (χ3v) is 2.66. The first-order chi connectivity index (χ1) is 8.08. The Hall–Kier alpha value is -1.76. The Morgan fingerprint density at radius 3 is 2.71 bits per heavy atom. The molecule has 1 atom stereocenters. The molecule has 0 N–H and O–H groups in total. The largest absolute Gasteiger partial charge is 0.476 e. The highest BCUT2D eigenvalue weighted by Gasteiger charge is 2.33. The van der Waals surface area contributed by atoms with Gasteiger partial charge in [-0.1, -0.05) is 11.8 Å². The number of hydrogen-bond acceptors (Lipinski definition) is 7. The molecule has 2 aliphatic rings. The summed E-state index contributed by atoms with van der Waals surface area (Å²) in [6, 6.07) is 0. The third kappa shape index (κ3) is 2.50. The van der Waals surface area contributed by atoms with Gasteiger partial charge in [-0.2, -0.15) is 0 Å². The van der Waals surface area contributed by atoms with Gasteiger partial charge in [-0.25, -0.2) is 4.99 Å². The summed E-state index contributed by atoms with van der Waals surface area (Å²) in [5, 5.41) is 0. The molecular formula is C10H9NO5S. The molecule has 0 bridgehead atoms. The zero-order valence-electron chi connectivity index (χ0n) is 9.13. The quantitative estimate of drug-likeness (QED) is 0.692. The SMILES string of the molecule is CC(=O)OC1=COC2SC=NC2=C1OC(C)=O. The molecule has 2 rings (SSSR count). The van der Waals surface area contributed by atoms with Crippen LogP contribution in [0.1, 0.15) is 13.8 Å². The van der Waals surface area contributed by atoms with E-state index < -0.39 is 11.9 Å². The van der Waals surface area contributed by atoms with E-state index >= 15 is 0 Å². The molecule has 17 heavy (non-hydrogen) atoms. The van der Waals surface area contributed by atoms with Crippen LogP contribution in [0, 0.1) is 0 Å². The molecule has 2 heterocycles. The van der Waals surface area contributed by atoms with Crippen LogP contribution in [0.2, 0.25) is 0 Å². The van der Waals surface area contributed by atoms with Crippen molar-refractivity contribution < 1.29 is 23.8 Å². The lowest BCUT2D eigenvalue weighted by molar-refractivity contribution is -0.142. The van der Waals surface area contributed by atoms with Crippen molar-refractivity contribution in [3.05, 3.63) is 23.5 Å². The Morgan fingerprint density at radius 1 is 1.35 bits per heavy atom. The standard InChI is InChI=1S/C10H9NO5S/c1-5(12)15-7-3-14-10-8(11-4-17-10)9(7)16-6(2)13/h3-4,10H,1-2H3. The minimum absolute atomic E-state index is 0.0543. The fourth-order valence-electron chi connectivity index (χ4n) is 1.30. The van der Waals surface area contributed by atoms with Crippen molar-refractivity contribution in [2.24, 2.45) is 4.99 Å². The van der Waals surface area contributed by atoms with Gasteiger partial charge in [0.15, 0.2) is 5.44 Å². The number of nitrogens with zero attached hydrogens (tertiary/aromatic N) is 1. The van der Waals surface area contributed by atoms with E-state index in [0.29, 0.717) is 5.70 Å². The highest BCUT2D eigenvalue weighted by Crippen LogP contribution is 2.36. The van der Waals surface area contributed by atoms with Crippen LogP contribution in [0.25, 0.3) is 0 Å². The predicted octanol–water partition coefficient (Wildman–Crippen LogP) is 1.30. The van der Waals surface area contributed by atoms with Crippen molar-refractivity contribution in [3.8, 4) is 0 Å². The third-order valence-electron chi connectivity index (χ3n) is 1.85. The second kappa shape index (κ2) is 4.62. The van der Waals surface area contributed by atoms with E-state index in [9.17, 15) is 9.59 Å². The first-order valence-electron chi connectivity index (χ1n) is 4.73. The van der Waals surface area contributed by atoms with Gasteiger partial charge in [0.25, 0.3) is 0 Å². The van der Waals surface area contributed by atoms with Crippen molar-refractivity contribution >= 4 is 29.2 Å².